The summed E-state index contributed by atoms with van der Waals surface area (Å²) < 4.78 is 16.0. The van der Waals surface area contributed by atoms with Crippen LogP contribution in [0.4, 0.5) is 4.79 Å². The normalized spacial score (nSPS) is 17.2. The second-order valence-electron chi connectivity index (χ2n) is 5.90. The third kappa shape index (κ3) is 2.88. The van der Waals surface area contributed by atoms with Gasteiger partial charge < -0.3 is 14.2 Å². The molecule has 124 valence electrons. The van der Waals surface area contributed by atoms with E-state index in [9.17, 15) is 4.79 Å². The van der Waals surface area contributed by atoms with Crippen molar-refractivity contribution in [3.63, 3.8) is 0 Å². The summed E-state index contributed by atoms with van der Waals surface area (Å²) in [6, 6.07) is 16.5. The molecule has 0 bridgehead atoms. The molecule has 0 radical (unpaired) electrons. The van der Waals surface area contributed by atoms with Gasteiger partial charge in [-0.2, -0.15) is 0 Å². The fourth-order valence-corrected chi connectivity index (χ4v) is 3.31. The fourth-order valence-electron chi connectivity index (χ4n) is 3.31. The van der Waals surface area contributed by atoms with E-state index < -0.39 is 12.5 Å². The molecule has 2 aromatic rings. The Morgan fingerprint density at radius 3 is 2.21 bits per heavy atom. The molecule has 1 aliphatic heterocycles. The SMILES string of the molecule is O=C(NC1OCCCO1)OCC1c2ccccc2-c2ccccc21. The van der Waals surface area contributed by atoms with Crippen molar-refractivity contribution in [3.05, 3.63) is 59.7 Å². The molecule has 4 rings (SSSR count). The number of carbonyl (C=O) groups is 1. The molecule has 0 saturated carbocycles. The van der Waals surface area contributed by atoms with Crippen LogP contribution in [-0.2, 0) is 14.2 Å². The zero-order valence-electron chi connectivity index (χ0n) is 13.2. The van der Waals surface area contributed by atoms with Gasteiger partial charge in [0.15, 0.2) is 0 Å². The highest BCUT2D eigenvalue weighted by atomic mass is 16.7. The summed E-state index contributed by atoms with van der Waals surface area (Å²) in [6.45, 7) is 1.44. The number of nitrogens with one attached hydrogen (secondary N) is 1. The molecule has 0 aromatic heterocycles. The molecule has 0 unspecified atom stereocenters. The number of rotatable bonds is 3. The van der Waals surface area contributed by atoms with Gasteiger partial charge in [-0.1, -0.05) is 48.5 Å². The van der Waals surface area contributed by atoms with Crippen molar-refractivity contribution in [1.82, 2.24) is 5.32 Å². The van der Waals surface area contributed by atoms with Crippen LogP contribution in [0.3, 0.4) is 0 Å². The second-order valence-corrected chi connectivity index (χ2v) is 5.90. The topological polar surface area (TPSA) is 56.8 Å². The van der Waals surface area contributed by atoms with Crippen LogP contribution < -0.4 is 5.32 Å². The summed E-state index contributed by atoms with van der Waals surface area (Å²) in [5.74, 6) is 0.0522. The van der Waals surface area contributed by atoms with Gasteiger partial charge in [-0.15, -0.1) is 0 Å². The summed E-state index contributed by atoms with van der Waals surface area (Å²) in [5, 5.41) is 2.59. The summed E-state index contributed by atoms with van der Waals surface area (Å²) >= 11 is 0. The first-order valence-corrected chi connectivity index (χ1v) is 8.17. The van der Waals surface area contributed by atoms with Crippen molar-refractivity contribution >= 4 is 6.09 Å². The van der Waals surface area contributed by atoms with Gasteiger partial charge in [0.05, 0.1) is 13.2 Å². The van der Waals surface area contributed by atoms with Gasteiger partial charge in [0, 0.05) is 5.92 Å². The lowest BCUT2D eigenvalue weighted by atomic mass is 9.98. The minimum atomic E-state index is -0.714. The van der Waals surface area contributed by atoms with Crippen LogP contribution in [0, 0.1) is 0 Å². The average Bonchev–Trinajstić information content (AvgIpc) is 2.95. The van der Waals surface area contributed by atoms with Crippen LogP contribution in [-0.4, -0.2) is 32.3 Å². The van der Waals surface area contributed by atoms with E-state index in [1.54, 1.807) is 0 Å². The predicted octanol–water partition coefficient (Wildman–Crippen LogP) is 3.25. The molecule has 1 saturated heterocycles. The lowest BCUT2D eigenvalue weighted by Crippen LogP contribution is -2.42. The van der Waals surface area contributed by atoms with Crippen LogP contribution >= 0.6 is 0 Å². The first-order chi connectivity index (χ1) is 11.8. The fraction of sp³-hybridized carbons (Fsp3) is 0.316. The highest BCUT2D eigenvalue weighted by Crippen LogP contribution is 2.44. The van der Waals surface area contributed by atoms with E-state index in [0.717, 1.165) is 6.42 Å². The van der Waals surface area contributed by atoms with E-state index >= 15 is 0 Å². The van der Waals surface area contributed by atoms with E-state index in [4.69, 9.17) is 14.2 Å². The molecule has 5 heteroatoms. The summed E-state index contributed by atoms with van der Waals surface area (Å²) in [4.78, 5) is 12.0. The highest BCUT2D eigenvalue weighted by Gasteiger charge is 2.29. The minimum Gasteiger partial charge on any atom is -0.448 e. The molecule has 24 heavy (non-hydrogen) atoms. The Hall–Kier alpha value is -2.37. The molecule has 1 aliphatic carbocycles. The third-order valence-corrected chi connectivity index (χ3v) is 4.41. The van der Waals surface area contributed by atoms with Crippen molar-refractivity contribution in [3.8, 4) is 11.1 Å². The number of hydrogen-bond acceptors (Lipinski definition) is 4. The number of carbonyl (C=O) groups excluding carboxylic acids is 1. The quantitative estimate of drug-likeness (QED) is 0.941. The van der Waals surface area contributed by atoms with Gasteiger partial charge in [-0.05, 0) is 28.7 Å². The Kier molecular flexibility index (Phi) is 4.19. The largest absolute Gasteiger partial charge is 0.448 e. The maximum atomic E-state index is 12.0. The van der Waals surface area contributed by atoms with Gasteiger partial charge in [0.1, 0.15) is 6.61 Å². The molecule has 0 spiro atoms. The Morgan fingerprint density at radius 1 is 1.00 bits per heavy atom. The molecular formula is C19H19NO4. The van der Waals surface area contributed by atoms with Crippen molar-refractivity contribution in [2.75, 3.05) is 19.8 Å². The van der Waals surface area contributed by atoms with E-state index in [1.165, 1.54) is 22.3 Å². The van der Waals surface area contributed by atoms with Gasteiger partial charge >= 0.3 is 6.09 Å². The summed E-state index contributed by atoms with van der Waals surface area (Å²) in [5.41, 5.74) is 4.80. The van der Waals surface area contributed by atoms with Crippen molar-refractivity contribution in [2.45, 2.75) is 18.8 Å². The number of alkyl carbamates (subject to hydrolysis) is 1. The molecule has 2 aromatic carbocycles. The molecule has 2 aliphatic rings. The Bertz CT molecular complexity index is 694. The van der Waals surface area contributed by atoms with Crippen LogP contribution in [0.5, 0.6) is 0 Å². The van der Waals surface area contributed by atoms with Crippen LogP contribution in [0.25, 0.3) is 11.1 Å². The number of fused-ring (bicyclic) bond motifs is 3. The number of ether oxygens (including phenoxy) is 3. The zero-order valence-corrected chi connectivity index (χ0v) is 13.2. The lowest BCUT2D eigenvalue weighted by Gasteiger charge is -2.23. The van der Waals surface area contributed by atoms with E-state index in [1.807, 2.05) is 24.3 Å². The Morgan fingerprint density at radius 2 is 1.58 bits per heavy atom. The van der Waals surface area contributed by atoms with E-state index in [0.29, 0.717) is 13.2 Å². The molecule has 1 fully saturated rings. The maximum absolute atomic E-state index is 12.0. The minimum absolute atomic E-state index is 0.0522. The van der Waals surface area contributed by atoms with Crippen LogP contribution in [0.15, 0.2) is 48.5 Å². The smallest absolute Gasteiger partial charge is 0.411 e. The van der Waals surface area contributed by atoms with Gasteiger partial charge in [-0.3, -0.25) is 5.32 Å². The lowest BCUT2D eigenvalue weighted by molar-refractivity contribution is -0.190. The van der Waals surface area contributed by atoms with Crippen molar-refractivity contribution < 1.29 is 19.0 Å². The van der Waals surface area contributed by atoms with E-state index in [-0.39, 0.29) is 12.5 Å². The van der Waals surface area contributed by atoms with E-state index in [2.05, 4.69) is 29.6 Å². The maximum Gasteiger partial charge on any atom is 0.411 e. The Labute approximate surface area is 140 Å². The highest BCUT2D eigenvalue weighted by molar-refractivity contribution is 5.79. The molecular weight excluding hydrogens is 306 g/mol. The van der Waals surface area contributed by atoms with Gasteiger partial charge in [-0.25, -0.2) is 4.79 Å². The summed E-state index contributed by atoms with van der Waals surface area (Å²) in [7, 11) is 0. The average molecular weight is 325 g/mol. The standard InChI is InChI=1S/C19H19NO4/c21-18(20-19-22-10-5-11-23-19)24-12-17-15-8-3-1-6-13(15)14-7-2-4-9-16(14)17/h1-4,6-9,17,19H,5,10-12H2,(H,20,21). The Balaban J connectivity index is 1.45. The first-order valence-electron chi connectivity index (χ1n) is 8.17. The number of amides is 1. The second kappa shape index (κ2) is 6.63. The first kappa shape index (κ1) is 15.2. The molecule has 1 heterocycles. The van der Waals surface area contributed by atoms with Crippen LogP contribution in [0.1, 0.15) is 23.5 Å². The molecule has 1 amide bonds. The number of hydrogen-bond donors (Lipinski definition) is 1. The van der Waals surface area contributed by atoms with Crippen molar-refractivity contribution in [2.24, 2.45) is 0 Å². The summed E-state index contributed by atoms with van der Waals surface area (Å²) in [6.07, 6.45) is -0.402. The monoisotopic (exact) mass is 325 g/mol. The molecule has 0 atom stereocenters. The van der Waals surface area contributed by atoms with Crippen LogP contribution in [0.2, 0.25) is 0 Å². The van der Waals surface area contributed by atoms with Gasteiger partial charge in [0.25, 0.3) is 0 Å². The predicted molar refractivity (Wildman–Crippen MR) is 88.5 cm³/mol. The third-order valence-electron chi connectivity index (χ3n) is 4.41. The van der Waals surface area contributed by atoms with Crippen molar-refractivity contribution in [1.29, 1.82) is 0 Å². The molecule has 5 nitrogen and oxygen atoms in total. The van der Waals surface area contributed by atoms with Gasteiger partial charge in [0.2, 0.25) is 6.41 Å². The molecule has 1 N–H and O–H groups in total. The zero-order chi connectivity index (χ0) is 16.4. The number of benzene rings is 2.